The first-order chi connectivity index (χ1) is 13.5. The van der Waals surface area contributed by atoms with E-state index in [1.807, 2.05) is 48.5 Å². The van der Waals surface area contributed by atoms with Crippen molar-refractivity contribution < 1.29 is 13.2 Å². The van der Waals surface area contributed by atoms with E-state index < -0.39 is 15.9 Å². The number of carbonyl (C=O) groups is 1. The number of aromatic nitrogens is 2. The molecule has 0 saturated heterocycles. The molecule has 7 nitrogen and oxygen atoms in total. The molecule has 0 radical (unpaired) electrons. The maximum Gasteiger partial charge on any atom is 0.257 e. The predicted octanol–water partition coefficient (Wildman–Crippen LogP) is 2.82. The number of hydrogen-bond donors (Lipinski definition) is 3. The maximum absolute atomic E-state index is 12.4. The topological polar surface area (TPSA) is 104 Å². The van der Waals surface area contributed by atoms with Crippen LogP contribution in [0.3, 0.4) is 0 Å². The van der Waals surface area contributed by atoms with Gasteiger partial charge in [0.25, 0.3) is 10.0 Å². The van der Waals surface area contributed by atoms with Gasteiger partial charge in [-0.1, -0.05) is 54.2 Å². The van der Waals surface area contributed by atoms with Crippen molar-refractivity contribution in [3.63, 3.8) is 0 Å². The summed E-state index contributed by atoms with van der Waals surface area (Å²) in [6, 6.07) is 19.8. The number of thioether (sulfide) groups is 1. The lowest BCUT2D eigenvalue weighted by atomic mass is 10.1. The van der Waals surface area contributed by atoms with Gasteiger partial charge in [0.1, 0.15) is 0 Å². The van der Waals surface area contributed by atoms with Gasteiger partial charge in [-0.3, -0.25) is 10.2 Å². The average Bonchev–Trinajstić information content (AvgIpc) is 3.13. The van der Waals surface area contributed by atoms with Crippen molar-refractivity contribution in [1.82, 2.24) is 20.2 Å². The zero-order chi connectivity index (χ0) is 19.6. The predicted molar refractivity (Wildman–Crippen MR) is 109 cm³/mol. The Labute approximate surface area is 165 Å². The summed E-state index contributed by atoms with van der Waals surface area (Å²) in [6.07, 6.45) is 0. The van der Waals surface area contributed by atoms with Gasteiger partial charge < -0.3 is 4.98 Å². The molecule has 0 aliphatic heterocycles. The van der Waals surface area contributed by atoms with Crippen LogP contribution >= 0.6 is 11.8 Å². The minimum absolute atomic E-state index is 0.0140. The highest BCUT2D eigenvalue weighted by molar-refractivity contribution is 7.99. The van der Waals surface area contributed by atoms with Crippen molar-refractivity contribution in [3.8, 4) is 0 Å². The van der Waals surface area contributed by atoms with Gasteiger partial charge >= 0.3 is 0 Å². The fourth-order valence-corrected chi connectivity index (χ4v) is 4.27. The highest BCUT2D eigenvalue weighted by atomic mass is 32.2. The lowest BCUT2D eigenvalue weighted by Gasteiger charge is -2.09. The molecule has 1 aromatic heterocycles. The zero-order valence-electron chi connectivity index (χ0n) is 14.5. The number of fused-ring (bicyclic) bond motifs is 2. The summed E-state index contributed by atoms with van der Waals surface area (Å²) in [5.41, 5.74) is 3.92. The third-order valence-electron chi connectivity index (χ3n) is 4.06. The van der Waals surface area contributed by atoms with Crippen LogP contribution in [-0.4, -0.2) is 30.0 Å². The summed E-state index contributed by atoms with van der Waals surface area (Å²) in [7, 11) is -3.86. The smallest absolute Gasteiger partial charge is 0.257 e. The van der Waals surface area contributed by atoms with Gasteiger partial charge in [0.2, 0.25) is 5.91 Å². The average molecular weight is 412 g/mol. The molecule has 0 bridgehead atoms. The van der Waals surface area contributed by atoms with Crippen LogP contribution in [0.4, 0.5) is 0 Å². The molecule has 0 saturated carbocycles. The molecule has 142 valence electrons. The second kappa shape index (κ2) is 7.63. The highest BCUT2D eigenvalue weighted by Crippen LogP contribution is 2.20. The molecule has 0 unspecified atom stereocenters. The monoisotopic (exact) mass is 412 g/mol. The van der Waals surface area contributed by atoms with Crippen LogP contribution in [0.2, 0.25) is 0 Å². The van der Waals surface area contributed by atoms with Gasteiger partial charge in [-0.25, -0.2) is 13.4 Å². The number of hydrazine groups is 1. The SMILES string of the molecule is O=C(CSc1nc2ccccc2[nH]1)NNS(=O)(=O)c1ccc2ccccc2c1. The van der Waals surface area contributed by atoms with Crippen LogP contribution in [-0.2, 0) is 14.8 Å². The van der Waals surface area contributed by atoms with Crippen molar-refractivity contribution in [2.45, 2.75) is 10.1 Å². The number of carbonyl (C=O) groups excluding carboxylic acids is 1. The van der Waals surface area contributed by atoms with E-state index in [1.165, 1.54) is 17.8 Å². The molecule has 4 rings (SSSR count). The maximum atomic E-state index is 12.4. The number of rotatable bonds is 6. The lowest BCUT2D eigenvalue weighted by molar-refractivity contribution is -0.119. The Morgan fingerprint density at radius 1 is 1.00 bits per heavy atom. The Kier molecular flexibility index (Phi) is 5.03. The van der Waals surface area contributed by atoms with E-state index in [-0.39, 0.29) is 10.6 Å². The lowest BCUT2D eigenvalue weighted by Crippen LogP contribution is -2.42. The van der Waals surface area contributed by atoms with E-state index in [0.29, 0.717) is 5.16 Å². The number of aromatic amines is 1. The van der Waals surface area contributed by atoms with Crippen molar-refractivity contribution in [2.24, 2.45) is 0 Å². The van der Waals surface area contributed by atoms with Crippen LogP contribution in [0.1, 0.15) is 0 Å². The van der Waals surface area contributed by atoms with E-state index in [9.17, 15) is 13.2 Å². The first-order valence-electron chi connectivity index (χ1n) is 8.38. The van der Waals surface area contributed by atoms with Gasteiger partial charge in [0, 0.05) is 0 Å². The van der Waals surface area contributed by atoms with E-state index >= 15 is 0 Å². The summed E-state index contributed by atoms with van der Waals surface area (Å²) in [4.78, 5) is 21.7. The first kappa shape index (κ1) is 18.5. The molecule has 28 heavy (non-hydrogen) atoms. The summed E-state index contributed by atoms with van der Waals surface area (Å²) in [5.74, 6) is -0.463. The molecule has 0 aliphatic carbocycles. The number of amides is 1. The standard InChI is InChI=1S/C19H16N4O3S2/c24-18(12-27-19-20-16-7-3-4-8-17(16)21-19)22-23-28(25,26)15-10-9-13-5-1-2-6-14(13)11-15/h1-11,23H,12H2,(H,20,21)(H,22,24). The quantitative estimate of drug-likeness (QED) is 0.334. The largest absolute Gasteiger partial charge is 0.333 e. The number of H-pyrrole nitrogens is 1. The van der Waals surface area contributed by atoms with Crippen molar-refractivity contribution in [2.75, 3.05) is 5.75 Å². The fraction of sp³-hybridized carbons (Fsp3) is 0.0526. The van der Waals surface area contributed by atoms with Gasteiger partial charge in [-0.2, -0.15) is 0 Å². The summed E-state index contributed by atoms with van der Waals surface area (Å²) >= 11 is 1.19. The molecule has 4 aromatic rings. The second-order valence-electron chi connectivity index (χ2n) is 6.01. The molecule has 0 fully saturated rings. The molecule has 0 atom stereocenters. The minimum Gasteiger partial charge on any atom is -0.333 e. The Balaban J connectivity index is 1.37. The second-order valence-corrected chi connectivity index (χ2v) is 8.66. The Morgan fingerprint density at radius 2 is 1.75 bits per heavy atom. The molecule has 1 amide bonds. The van der Waals surface area contributed by atoms with Gasteiger partial charge in [0.15, 0.2) is 5.16 Å². The summed E-state index contributed by atoms with van der Waals surface area (Å²) < 4.78 is 24.8. The number of nitrogens with one attached hydrogen (secondary N) is 3. The third-order valence-corrected chi connectivity index (χ3v) is 6.18. The van der Waals surface area contributed by atoms with Gasteiger partial charge in [-0.15, -0.1) is 4.83 Å². The number of benzene rings is 3. The Morgan fingerprint density at radius 3 is 2.57 bits per heavy atom. The molecule has 0 aliphatic rings. The number of nitrogens with zero attached hydrogens (tertiary/aromatic N) is 1. The van der Waals surface area contributed by atoms with Crippen LogP contribution < -0.4 is 10.3 Å². The van der Waals surface area contributed by atoms with Gasteiger partial charge in [-0.05, 0) is 35.0 Å². The Bertz CT molecular complexity index is 1240. The van der Waals surface area contributed by atoms with Crippen molar-refractivity contribution in [3.05, 3.63) is 66.7 Å². The van der Waals surface area contributed by atoms with E-state index in [2.05, 4.69) is 20.2 Å². The van der Waals surface area contributed by atoms with Crippen LogP contribution in [0.15, 0.2) is 76.8 Å². The third kappa shape index (κ3) is 4.01. The van der Waals surface area contributed by atoms with Gasteiger partial charge in [0.05, 0.1) is 21.7 Å². The van der Waals surface area contributed by atoms with Crippen molar-refractivity contribution >= 4 is 49.5 Å². The fourth-order valence-electron chi connectivity index (χ4n) is 2.69. The molecular formula is C19H16N4O3S2. The normalized spacial score (nSPS) is 11.7. The van der Waals surface area contributed by atoms with E-state index in [4.69, 9.17) is 0 Å². The number of hydrogen-bond acceptors (Lipinski definition) is 5. The number of para-hydroxylation sites is 2. The van der Waals surface area contributed by atoms with Crippen molar-refractivity contribution in [1.29, 1.82) is 0 Å². The zero-order valence-corrected chi connectivity index (χ0v) is 16.2. The first-order valence-corrected chi connectivity index (χ1v) is 10.9. The number of sulfonamides is 1. The molecule has 1 heterocycles. The van der Waals surface area contributed by atoms with Crippen LogP contribution in [0.25, 0.3) is 21.8 Å². The number of imidazole rings is 1. The summed E-state index contributed by atoms with van der Waals surface area (Å²) in [6.45, 7) is 0. The molecule has 0 spiro atoms. The molecule has 3 aromatic carbocycles. The summed E-state index contributed by atoms with van der Waals surface area (Å²) in [5, 5.41) is 2.33. The van der Waals surface area contributed by atoms with E-state index in [0.717, 1.165) is 21.8 Å². The highest BCUT2D eigenvalue weighted by Gasteiger charge is 2.16. The minimum atomic E-state index is -3.86. The van der Waals surface area contributed by atoms with Crippen LogP contribution in [0.5, 0.6) is 0 Å². The molecular weight excluding hydrogens is 396 g/mol. The van der Waals surface area contributed by atoms with Crippen LogP contribution in [0, 0.1) is 0 Å². The molecule has 9 heteroatoms. The Hall–Kier alpha value is -2.88. The molecule has 3 N–H and O–H groups in total. The van der Waals surface area contributed by atoms with E-state index in [1.54, 1.807) is 12.1 Å².